The quantitative estimate of drug-likeness (QED) is 0.176. The van der Waals surface area contributed by atoms with Crippen LogP contribution in [0.3, 0.4) is 0 Å². The minimum absolute atomic E-state index is 0.0201. The van der Waals surface area contributed by atoms with E-state index < -0.39 is 11.9 Å². The van der Waals surface area contributed by atoms with Crippen LogP contribution in [0, 0.1) is 11.3 Å². The molecule has 0 radical (unpaired) electrons. The van der Waals surface area contributed by atoms with Crippen LogP contribution in [0.25, 0.3) is 6.08 Å². The second-order valence-corrected chi connectivity index (χ2v) is 9.11. The number of benzene rings is 2. The summed E-state index contributed by atoms with van der Waals surface area (Å²) in [7, 11) is 0. The lowest BCUT2D eigenvalue weighted by Gasteiger charge is -2.19. The second kappa shape index (κ2) is 12.5. The molecule has 8 nitrogen and oxygen atoms in total. The van der Waals surface area contributed by atoms with Gasteiger partial charge in [-0.1, -0.05) is 39.0 Å². The van der Waals surface area contributed by atoms with Crippen LogP contribution in [-0.4, -0.2) is 25.1 Å². The molecular formula is C29H30N2O6. The summed E-state index contributed by atoms with van der Waals surface area (Å²) in [6.07, 6.45) is 2.93. The lowest BCUT2D eigenvalue weighted by atomic mass is 9.87. The lowest BCUT2D eigenvalue weighted by molar-refractivity contribution is -0.136. The van der Waals surface area contributed by atoms with E-state index in [2.05, 4.69) is 26.1 Å². The molecule has 0 aliphatic rings. The molecule has 0 aliphatic carbocycles. The van der Waals surface area contributed by atoms with Crippen LogP contribution >= 0.6 is 0 Å². The molecule has 0 bridgehead atoms. The summed E-state index contributed by atoms with van der Waals surface area (Å²) in [6, 6.07) is 17.7. The fourth-order valence-electron chi connectivity index (χ4n) is 3.30. The number of carbonyl (C=O) groups is 2. The predicted octanol–water partition coefficient (Wildman–Crippen LogP) is 5.18. The molecule has 1 aromatic heterocycles. The number of furan rings is 1. The fraction of sp³-hybridized carbons (Fsp3) is 0.276. The lowest BCUT2D eigenvalue weighted by Crippen LogP contribution is -2.23. The number of ether oxygens (including phenoxy) is 3. The van der Waals surface area contributed by atoms with Gasteiger partial charge in [-0.05, 0) is 65.9 Å². The number of hydrogen-bond donors (Lipinski definition) is 1. The van der Waals surface area contributed by atoms with Crippen LogP contribution < -0.4 is 19.5 Å². The third kappa shape index (κ3) is 8.00. The van der Waals surface area contributed by atoms with Crippen molar-refractivity contribution in [1.29, 1.82) is 5.26 Å². The fourth-order valence-corrected chi connectivity index (χ4v) is 3.30. The van der Waals surface area contributed by atoms with Gasteiger partial charge in [0.05, 0.1) is 19.4 Å². The predicted molar refractivity (Wildman–Crippen MR) is 138 cm³/mol. The van der Waals surface area contributed by atoms with E-state index in [1.807, 2.05) is 30.3 Å². The Morgan fingerprint density at radius 2 is 1.81 bits per heavy atom. The van der Waals surface area contributed by atoms with Crippen LogP contribution in [0.1, 0.15) is 44.6 Å². The average molecular weight is 503 g/mol. The first-order valence-corrected chi connectivity index (χ1v) is 11.8. The van der Waals surface area contributed by atoms with Gasteiger partial charge in [0.25, 0.3) is 5.91 Å². The number of nitrogens with zero attached hydrogens (tertiary/aromatic N) is 1. The molecule has 1 heterocycles. The van der Waals surface area contributed by atoms with Gasteiger partial charge in [-0.3, -0.25) is 4.79 Å². The minimum atomic E-state index is -0.598. The van der Waals surface area contributed by atoms with Crippen LogP contribution in [0.4, 0.5) is 0 Å². The zero-order valence-electron chi connectivity index (χ0n) is 21.4. The number of nitrogens with one attached hydrogen (secondary N) is 1. The Labute approximate surface area is 216 Å². The Balaban J connectivity index is 1.64. The van der Waals surface area contributed by atoms with E-state index in [-0.39, 0.29) is 29.9 Å². The van der Waals surface area contributed by atoms with E-state index in [0.29, 0.717) is 29.4 Å². The number of amides is 1. The molecule has 0 spiro atoms. The molecule has 3 aromatic rings. The summed E-state index contributed by atoms with van der Waals surface area (Å²) in [5, 5.41) is 12.1. The number of rotatable bonds is 10. The Morgan fingerprint density at radius 1 is 1.05 bits per heavy atom. The molecule has 192 valence electrons. The maximum absolute atomic E-state index is 12.4. The molecule has 1 N–H and O–H groups in total. The molecule has 0 unspecified atom stereocenters. The highest BCUT2D eigenvalue weighted by Crippen LogP contribution is 2.30. The monoisotopic (exact) mass is 502 g/mol. The SMILES string of the molecule is CCOc1cc(/C=C(\C#N)C(=O)NCc2ccco2)ccc1OC(=O)COc1ccc(C(C)(C)C)cc1. The zero-order chi connectivity index (χ0) is 26.8. The molecule has 3 rings (SSSR count). The first-order valence-electron chi connectivity index (χ1n) is 11.8. The van der Waals surface area contributed by atoms with Gasteiger partial charge >= 0.3 is 5.97 Å². The summed E-state index contributed by atoms with van der Waals surface area (Å²) in [5.74, 6) is 0.495. The van der Waals surface area contributed by atoms with Gasteiger partial charge in [-0.25, -0.2) is 4.79 Å². The van der Waals surface area contributed by atoms with Crippen LogP contribution in [-0.2, 0) is 21.5 Å². The van der Waals surface area contributed by atoms with Crippen molar-refractivity contribution in [3.8, 4) is 23.3 Å². The number of nitriles is 1. The maximum atomic E-state index is 12.4. The smallest absolute Gasteiger partial charge is 0.349 e. The number of esters is 1. The summed E-state index contributed by atoms with van der Waals surface area (Å²) in [6.45, 7) is 8.36. The van der Waals surface area contributed by atoms with E-state index in [1.165, 1.54) is 12.3 Å². The van der Waals surface area contributed by atoms with Crippen molar-refractivity contribution in [2.24, 2.45) is 0 Å². The summed E-state index contributed by atoms with van der Waals surface area (Å²) < 4.78 is 21.8. The van der Waals surface area contributed by atoms with Crippen LogP contribution in [0.5, 0.6) is 17.2 Å². The highest BCUT2D eigenvalue weighted by atomic mass is 16.6. The van der Waals surface area contributed by atoms with E-state index in [4.69, 9.17) is 18.6 Å². The third-order valence-corrected chi connectivity index (χ3v) is 5.25. The molecule has 1 amide bonds. The van der Waals surface area contributed by atoms with E-state index in [1.54, 1.807) is 37.3 Å². The molecule has 0 fully saturated rings. The van der Waals surface area contributed by atoms with Crippen molar-refractivity contribution in [2.75, 3.05) is 13.2 Å². The summed E-state index contributed by atoms with van der Waals surface area (Å²) >= 11 is 0. The highest BCUT2D eigenvalue weighted by Gasteiger charge is 2.16. The molecule has 0 saturated heterocycles. The van der Waals surface area contributed by atoms with Gasteiger partial charge in [0.15, 0.2) is 18.1 Å². The molecule has 8 heteroatoms. The normalized spacial score (nSPS) is 11.4. The van der Waals surface area contributed by atoms with E-state index in [9.17, 15) is 14.9 Å². The van der Waals surface area contributed by atoms with Crippen molar-refractivity contribution >= 4 is 18.0 Å². The standard InChI is InChI=1S/C29H30N2O6/c1-5-34-26-16-20(15-21(17-30)28(33)31-18-24-7-6-14-35-24)8-13-25(26)37-27(32)19-36-23-11-9-22(10-12-23)29(2,3)4/h6-16H,5,18-19H2,1-4H3,(H,31,33)/b21-15+. The zero-order valence-corrected chi connectivity index (χ0v) is 21.4. The van der Waals surface area contributed by atoms with Crippen LogP contribution in [0.15, 0.2) is 70.9 Å². The molecule has 0 saturated carbocycles. The van der Waals surface area contributed by atoms with Crippen molar-refractivity contribution < 1.29 is 28.2 Å². The van der Waals surface area contributed by atoms with Crippen molar-refractivity contribution in [2.45, 2.75) is 39.7 Å². The van der Waals surface area contributed by atoms with Gasteiger partial charge in [0.2, 0.25) is 0 Å². The Hall–Kier alpha value is -4.51. The highest BCUT2D eigenvalue weighted by molar-refractivity contribution is 6.01. The Bertz CT molecular complexity index is 1280. The van der Waals surface area contributed by atoms with Crippen LogP contribution in [0.2, 0.25) is 0 Å². The summed E-state index contributed by atoms with van der Waals surface area (Å²) in [4.78, 5) is 24.8. The first kappa shape index (κ1) is 27.1. The van der Waals surface area contributed by atoms with Crippen molar-refractivity contribution in [3.63, 3.8) is 0 Å². The second-order valence-electron chi connectivity index (χ2n) is 9.11. The van der Waals surface area contributed by atoms with Crippen molar-refractivity contribution in [1.82, 2.24) is 5.32 Å². The molecule has 37 heavy (non-hydrogen) atoms. The first-order chi connectivity index (χ1) is 17.7. The topological polar surface area (TPSA) is 111 Å². The molecule has 0 aliphatic heterocycles. The summed E-state index contributed by atoms with van der Waals surface area (Å²) in [5.41, 5.74) is 1.62. The van der Waals surface area contributed by atoms with Gasteiger partial charge in [0, 0.05) is 0 Å². The molecule has 2 aromatic carbocycles. The molecule has 0 atom stereocenters. The largest absolute Gasteiger partial charge is 0.490 e. The minimum Gasteiger partial charge on any atom is -0.490 e. The van der Waals surface area contributed by atoms with E-state index in [0.717, 1.165) is 5.56 Å². The number of hydrogen-bond acceptors (Lipinski definition) is 7. The van der Waals surface area contributed by atoms with Gasteiger partial charge < -0.3 is 23.9 Å². The van der Waals surface area contributed by atoms with Gasteiger partial charge in [-0.2, -0.15) is 5.26 Å². The maximum Gasteiger partial charge on any atom is 0.349 e. The van der Waals surface area contributed by atoms with Gasteiger partial charge in [-0.15, -0.1) is 0 Å². The Kier molecular flexibility index (Phi) is 9.11. The Morgan fingerprint density at radius 3 is 2.43 bits per heavy atom. The third-order valence-electron chi connectivity index (χ3n) is 5.25. The molecular weight excluding hydrogens is 472 g/mol. The van der Waals surface area contributed by atoms with Crippen molar-refractivity contribution in [3.05, 3.63) is 83.3 Å². The van der Waals surface area contributed by atoms with E-state index >= 15 is 0 Å². The number of carbonyl (C=O) groups excluding carboxylic acids is 2. The average Bonchev–Trinajstić information content (AvgIpc) is 3.40. The van der Waals surface area contributed by atoms with Gasteiger partial charge in [0.1, 0.15) is 23.2 Å².